The first-order chi connectivity index (χ1) is 11.6. The lowest BCUT2D eigenvalue weighted by molar-refractivity contribution is -0.131. The SMILES string of the molecule is CC(=O)N1CCN(C(=O)c2ccc(=O)[nH]n2)C(c2ccccc2)C1. The van der Waals surface area contributed by atoms with Crippen LogP contribution in [0.1, 0.15) is 29.0 Å². The summed E-state index contributed by atoms with van der Waals surface area (Å²) in [6, 6.07) is 12.1. The second kappa shape index (κ2) is 6.66. The highest BCUT2D eigenvalue weighted by atomic mass is 16.2. The normalized spacial score (nSPS) is 17.6. The van der Waals surface area contributed by atoms with E-state index in [1.54, 1.807) is 9.80 Å². The zero-order chi connectivity index (χ0) is 17.1. The Morgan fingerprint density at radius 1 is 1.12 bits per heavy atom. The zero-order valence-electron chi connectivity index (χ0n) is 13.3. The third kappa shape index (κ3) is 3.19. The Kier molecular flexibility index (Phi) is 4.41. The number of aromatic nitrogens is 2. The van der Waals surface area contributed by atoms with E-state index in [9.17, 15) is 14.4 Å². The monoisotopic (exact) mass is 326 g/mol. The minimum Gasteiger partial charge on any atom is -0.339 e. The number of H-pyrrole nitrogens is 1. The van der Waals surface area contributed by atoms with E-state index in [0.717, 1.165) is 5.56 Å². The van der Waals surface area contributed by atoms with Gasteiger partial charge in [-0.15, -0.1) is 0 Å². The van der Waals surface area contributed by atoms with Crippen LogP contribution in [0.4, 0.5) is 0 Å². The van der Waals surface area contributed by atoms with E-state index in [-0.39, 0.29) is 29.1 Å². The summed E-state index contributed by atoms with van der Waals surface area (Å²) in [4.78, 5) is 39.1. The Labute approximate surface area is 138 Å². The second-order valence-corrected chi connectivity index (χ2v) is 5.70. The molecule has 0 bridgehead atoms. The average Bonchev–Trinajstić information content (AvgIpc) is 2.62. The van der Waals surface area contributed by atoms with Crippen LogP contribution >= 0.6 is 0 Å². The standard InChI is InChI=1S/C17H18N4O3/c1-12(22)20-9-10-21(15(11-20)13-5-3-2-4-6-13)17(24)14-7-8-16(23)19-18-14/h2-8,15H,9-11H2,1H3,(H,19,23). The van der Waals surface area contributed by atoms with Crippen molar-refractivity contribution in [3.8, 4) is 0 Å². The minimum absolute atomic E-state index is 0.00908. The maximum atomic E-state index is 12.8. The number of aromatic amines is 1. The van der Waals surface area contributed by atoms with Crippen LogP contribution < -0.4 is 5.56 Å². The van der Waals surface area contributed by atoms with Gasteiger partial charge in [-0.1, -0.05) is 30.3 Å². The van der Waals surface area contributed by atoms with Gasteiger partial charge in [0.2, 0.25) is 5.91 Å². The van der Waals surface area contributed by atoms with E-state index in [2.05, 4.69) is 10.2 Å². The second-order valence-electron chi connectivity index (χ2n) is 5.70. The average molecular weight is 326 g/mol. The van der Waals surface area contributed by atoms with Gasteiger partial charge in [0.1, 0.15) is 5.69 Å². The van der Waals surface area contributed by atoms with Crippen molar-refractivity contribution in [3.05, 3.63) is 64.1 Å². The highest BCUT2D eigenvalue weighted by molar-refractivity contribution is 5.92. The molecule has 0 spiro atoms. The van der Waals surface area contributed by atoms with Crippen molar-refractivity contribution in [2.45, 2.75) is 13.0 Å². The van der Waals surface area contributed by atoms with Crippen LogP contribution in [-0.2, 0) is 4.79 Å². The third-order valence-corrected chi connectivity index (χ3v) is 4.17. The fourth-order valence-electron chi connectivity index (χ4n) is 2.88. The maximum Gasteiger partial charge on any atom is 0.274 e. The highest BCUT2D eigenvalue weighted by Gasteiger charge is 2.33. The highest BCUT2D eigenvalue weighted by Crippen LogP contribution is 2.26. The topological polar surface area (TPSA) is 86.4 Å². The Hall–Kier alpha value is -2.96. The maximum absolute atomic E-state index is 12.8. The largest absolute Gasteiger partial charge is 0.339 e. The van der Waals surface area contributed by atoms with Crippen molar-refractivity contribution >= 4 is 11.8 Å². The number of rotatable bonds is 2. The summed E-state index contributed by atoms with van der Waals surface area (Å²) in [6.07, 6.45) is 0. The number of hydrogen-bond donors (Lipinski definition) is 1. The number of amides is 2. The molecule has 1 fully saturated rings. The summed E-state index contributed by atoms with van der Waals surface area (Å²) >= 11 is 0. The van der Waals surface area contributed by atoms with Gasteiger partial charge in [-0.05, 0) is 11.6 Å². The van der Waals surface area contributed by atoms with Crippen LogP contribution in [0.15, 0.2) is 47.3 Å². The molecule has 124 valence electrons. The van der Waals surface area contributed by atoms with Crippen molar-refractivity contribution in [3.63, 3.8) is 0 Å². The molecular formula is C17H18N4O3. The van der Waals surface area contributed by atoms with Gasteiger partial charge in [0.15, 0.2) is 0 Å². The van der Waals surface area contributed by atoms with Gasteiger partial charge in [-0.25, -0.2) is 5.10 Å². The molecule has 1 atom stereocenters. The molecule has 1 aromatic carbocycles. The third-order valence-electron chi connectivity index (χ3n) is 4.17. The molecule has 7 heteroatoms. The number of carbonyl (C=O) groups is 2. The predicted octanol–water partition coefficient (Wildman–Crippen LogP) is 0.815. The van der Waals surface area contributed by atoms with E-state index in [1.807, 2.05) is 30.3 Å². The molecule has 1 unspecified atom stereocenters. The lowest BCUT2D eigenvalue weighted by Gasteiger charge is -2.41. The molecule has 1 N–H and O–H groups in total. The summed E-state index contributed by atoms with van der Waals surface area (Å²) < 4.78 is 0. The predicted molar refractivity (Wildman–Crippen MR) is 87.3 cm³/mol. The van der Waals surface area contributed by atoms with Crippen LogP contribution in [0.5, 0.6) is 0 Å². The molecule has 3 rings (SSSR count). The zero-order valence-corrected chi connectivity index (χ0v) is 13.3. The van der Waals surface area contributed by atoms with Crippen molar-refractivity contribution < 1.29 is 9.59 Å². The Balaban J connectivity index is 1.92. The van der Waals surface area contributed by atoms with Crippen LogP contribution in [-0.4, -0.2) is 51.4 Å². The molecule has 7 nitrogen and oxygen atoms in total. The van der Waals surface area contributed by atoms with Gasteiger partial charge in [0, 0.05) is 32.6 Å². The summed E-state index contributed by atoms with van der Waals surface area (Å²) in [7, 11) is 0. The number of nitrogens with zero attached hydrogens (tertiary/aromatic N) is 3. The van der Waals surface area contributed by atoms with E-state index in [4.69, 9.17) is 0 Å². The molecule has 1 saturated heterocycles. The molecule has 0 radical (unpaired) electrons. The molecule has 1 aliphatic heterocycles. The van der Waals surface area contributed by atoms with Crippen molar-refractivity contribution in [1.29, 1.82) is 0 Å². The van der Waals surface area contributed by atoms with Crippen LogP contribution in [0, 0.1) is 0 Å². The quantitative estimate of drug-likeness (QED) is 0.885. The number of benzene rings is 1. The first-order valence-electron chi connectivity index (χ1n) is 7.73. The molecule has 24 heavy (non-hydrogen) atoms. The van der Waals surface area contributed by atoms with E-state index >= 15 is 0 Å². The molecule has 1 aliphatic rings. The van der Waals surface area contributed by atoms with Crippen molar-refractivity contribution in [2.24, 2.45) is 0 Å². The Morgan fingerprint density at radius 2 is 1.88 bits per heavy atom. The summed E-state index contributed by atoms with van der Waals surface area (Å²) in [5, 5.41) is 6.11. The summed E-state index contributed by atoms with van der Waals surface area (Å²) in [5.74, 6) is -0.270. The molecule has 0 saturated carbocycles. The van der Waals surface area contributed by atoms with E-state index in [1.165, 1.54) is 19.1 Å². The molecule has 2 aromatic rings. The fourth-order valence-corrected chi connectivity index (χ4v) is 2.88. The van der Waals surface area contributed by atoms with Gasteiger partial charge < -0.3 is 9.80 Å². The Morgan fingerprint density at radius 3 is 2.50 bits per heavy atom. The Bertz CT molecular complexity index is 782. The van der Waals surface area contributed by atoms with Gasteiger partial charge in [0.25, 0.3) is 11.5 Å². The number of piperazine rings is 1. The van der Waals surface area contributed by atoms with Gasteiger partial charge in [-0.3, -0.25) is 14.4 Å². The minimum atomic E-state index is -0.354. The van der Waals surface area contributed by atoms with Crippen molar-refractivity contribution in [1.82, 2.24) is 20.0 Å². The smallest absolute Gasteiger partial charge is 0.274 e. The van der Waals surface area contributed by atoms with Gasteiger partial charge >= 0.3 is 0 Å². The summed E-state index contributed by atoms with van der Waals surface area (Å²) in [5.41, 5.74) is 0.792. The molecule has 2 heterocycles. The van der Waals surface area contributed by atoms with Gasteiger partial charge in [-0.2, -0.15) is 5.10 Å². The summed E-state index contributed by atoms with van der Waals surface area (Å²) in [6.45, 7) is 2.87. The first kappa shape index (κ1) is 15.9. The fraction of sp³-hybridized carbons (Fsp3) is 0.294. The van der Waals surface area contributed by atoms with E-state index < -0.39 is 0 Å². The first-order valence-corrected chi connectivity index (χ1v) is 7.73. The molecule has 0 aliphatic carbocycles. The van der Waals surface area contributed by atoms with Crippen LogP contribution in [0.2, 0.25) is 0 Å². The number of nitrogens with one attached hydrogen (secondary N) is 1. The van der Waals surface area contributed by atoms with Crippen molar-refractivity contribution in [2.75, 3.05) is 19.6 Å². The van der Waals surface area contributed by atoms with Crippen LogP contribution in [0.3, 0.4) is 0 Å². The number of carbonyl (C=O) groups excluding carboxylic acids is 2. The number of hydrogen-bond acceptors (Lipinski definition) is 4. The van der Waals surface area contributed by atoms with Crippen LogP contribution in [0.25, 0.3) is 0 Å². The lowest BCUT2D eigenvalue weighted by Crippen LogP contribution is -2.52. The lowest BCUT2D eigenvalue weighted by atomic mass is 10.0. The van der Waals surface area contributed by atoms with Gasteiger partial charge in [0.05, 0.1) is 6.04 Å². The molecular weight excluding hydrogens is 308 g/mol. The van der Waals surface area contributed by atoms with E-state index in [0.29, 0.717) is 19.6 Å². The molecule has 1 aromatic heterocycles. The molecule has 2 amide bonds.